The van der Waals surface area contributed by atoms with Gasteiger partial charge in [-0.2, -0.15) is 0 Å². The molecule has 0 aliphatic carbocycles. The van der Waals surface area contributed by atoms with Crippen molar-refractivity contribution >= 4 is 11.9 Å². The van der Waals surface area contributed by atoms with Gasteiger partial charge >= 0.3 is 5.97 Å². The number of nitrogens with zero attached hydrogens (tertiary/aromatic N) is 1. The van der Waals surface area contributed by atoms with Crippen molar-refractivity contribution in [2.24, 2.45) is 0 Å². The predicted octanol–water partition coefficient (Wildman–Crippen LogP) is 0.0750. The van der Waals surface area contributed by atoms with Crippen LogP contribution in [0.2, 0.25) is 0 Å². The zero-order valence-corrected chi connectivity index (χ0v) is 11.2. The Morgan fingerprint density at radius 2 is 2.17 bits per heavy atom. The van der Waals surface area contributed by atoms with E-state index in [2.05, 4.69) is 5.32 Å². The summed E-state index contributed by atoms with van der Waals surface area (Å²) >= 11 is 0. The first-order valence-electron chi connectivity index (χ1n) is 6.34. The van der Waals surface area contributed by atoms with E-state index in [0.717, 1.165) is 6.42 Å². The first-order valence-corrected chi connectivity index (χ1v) is 6.34. The van der Waals surface area contributed by atoms with Gasteiger partial charge in [0, 0.05) is 19.1 Å². The minimum absolute atomic E-state index is 0.0598. The van der Waals surface area contributed by atoms with Crippen LogP contribution in [0.1, 0.15) is 27.2 Å². The van der Waals surface area contributed by atoms with Crippen LogP contribution in [0.15, 0.2) is 0 Å². The third-order valence-corrected chi connectivity index (χ3v) is 3.30. The number of hydrogen-bond acceptors (Lipinski definition) is 4. The zero-order chi connectivity index (χ0) is 13.7. The molecule has 2 N–H and O–H groups in total. The third kappa shape index (κ3) is 3.96. The van der Waals surface area contributed by atoms with Crippen LogP contribution in [0.25, 0.3) is 0 Å². The maximum absolute atomic E-state index is 11.9. The number of carboxylic acid groups (broad SMARTS) is 1. The fraction of sp³-hybridized carbons (Fsp3) is 0.833. The number of nitrogens with one attached hydrogen (secondary N) is 1. The molecule has 18 heavy (non-hydrogen) atoms. The van der Waals surface area contributed by atoms with E-state index in [9.17, 15) is 9.59 Å². The van der Waals surface area contributed by atoms with E-state index in [1.807, 2.05) is 18.7 Å². The van der Waals surface area contributed by atoms with E-state index < -0.39 is 12.1 Å². The van der Waals surface area contributed by atoms with Gasteiger partial charge in [-0.05, 0) is 20.3 Å². The molecule has 0 bridgehead atoms. The van der Waals surface area contributed by atoms with Crippen molar-refractivity contribution in [3.63, 3.8) is 0 Å². The van der Waals surface area contributed by atoms with Crippen LogP contribution in [-0.4, -0.2) is 59.8 Å². The fourth-order valence-electron chi connectivity index (χ4n) is 1.80. The largest absolute Gasteiger partial charge is 0.479 e. The monoisotopic (exact) mass is 258 g/mol. The number of rotatable bonds is 5. The third-order valence-electron chi connectivity index (χ3n) is 3.30. The second-order valence-corrected chi connectivity index (χ2v) is 4.69. The first-order chi connectivity index (χ1) is 8.45. The molecule has 3 unspecified atom stereocenters. The van der Waals surface area contributed by atoms with Crippen molar-refractivity contribution < 1.29 is 19.4 Å². The summed E-state index contributed by atoms with van der Waals surface area (Å²) in [4.78, 5) is 24.7. The first kappa shape index (κ1) is 14.9. The second-order valence-electron chi connectivity index (χ2n) is 4.69. The number of hydrogen-bond donors (Lipinski definition) is 2. The molecule has 0 aromatic carbocycles. The van der Waals surface area contributed by atoms with Crippen molar-refractivity contribution in [2.45, 2.75) is 45.4 Å². The Morgan fingerprint density at radius 3 is 2.72 bits per heavy atom. The van der Waals surface area contributed by atoms with Crippen LogP contribution in [0, 0.1) is 0 Å². The predicted molar refractivity (Wildman–Crippen MR) is 66.3 cm³/mol. The maximum Gasteiger partial charge on any atom is 0.334 e. The van der Waals surface area contributed by atoms with Crippen LogP contribution < -0.4 is 5.32 Å². The van der Waals surface area contributed by atoms with E-state index in [1.54, 1.807) is 6.92 Å². The van der Waals surface area contributed by atoms with Crippen molar-refractivity contribution in [2.75, 3.05) is 19.7 Å². The Morgan fingerprint density at radius 1 is 1.50 bits per heavy atom. The molecule has 104 valence electrons. The van der Waals surface area contributed by atoms with Crippen LogP contribution in [0.5, 0.6) is 0 Å². The normalized spacial score (nSPS) is 24.3. The summed E-state index contributed by atoms with van der Waals surface area (Å²) in [6, 6.07) is -0.194. The molecule has 6 nitrogen and oxygen atoms in total. The van der Waals surface area contributed by atoms with Crippen LogP contribution in [0.4, 0.5) is 0 Å². The fourth-order valence-corrected chi connectivity index (χ4v) is 1.80. The number of amides is 1. The highest BCUT2D eigenvalue weighted by molar-refractivity contribution is 5.81. The number of aliphatic carboxylic acids is 1. The molecular weight excluding hydrogens is 236 g/mol. The van der Waals surface area contributed by atoms with Crippen molar-refractivity contribution in [3.05, 3.63) is 0 Å². The van der Waals surface area contributed by atoms with Crippen molar-refractivity contribution in [3.8, 4) is 0 Å². The Labute approximate surface area is 107 Å². The lowest BCUT2D eigenvalue weighted by Gasteiger charge is -2.34. The molecule has 0 saturated carbocycles. The average Bonchev–Trinajstić information content (AvgIpc) is 2.37. The molecule has 0 aromatic heterocycles. The van der Waals surface area contributed by atoms with Gasteiger partial charge in [0.05, 0.1) is 12.6 Å². The molecule has 1 fully saturated rings. The van der Waals surface area contributed by atoms with Crippen LogP contribution in [-0.2, 0) is 14.3 Å². The zero-order valence-electron chi connectivity index (χ0n) is 11.2. The molecule has 3 atom stereocenters. The summed E-state index contributed by atoms with van der Waals surface area (Å²) in [6.45, 7) is 6.93. The van der Waals surface area contributed by atoms with E-state index in [-0.39, 0.29) is 24.5 Å². The van der Waals surface area contributed by atoms with Crippen LogP contribution in [0.3, 0.4) is 0 Å². The van der Waals surface area contributed by atoms with Crippen molar-refractivity contribution in [1.29, 1.82) is 0 Å². The molecule has 0 aromatic rings. The number of ether oxygens (including phenoxy) is 1. The lowest BCUT2D eigenvalue weighted by Crippen LogP contribution is -2.54. The minimum atomic E-state index is -0.978. The van der Waals surface area contributed by atoms with Crippen LogP contribution >= 0.6 is 0 Å². The molecule has 1 aliphatic heterocycles. The highest BCUT2D eigenvalue weighted by Crippen LogP contribution is 2.09. The lowest BCUT2D eigenvalue weighted by molar-refractivity contribution is -0.158. The second kappa shape index (κ2) is 6.70. The highest BCUT2D eigenvalue weighted by Gasteiger charge is 2.31. The van der Waals surface area contributed by atoms with E-state index >= 15 is 0 Å². The molecule has 6 heteroatoms. The Bertz CT molecular complexity index is 308. The number of morpholine rings is 1. The standard InChI is InChI=1S/C12H22N2O4/c1-4-8(2)13-11(15)9(3)14-5-6-18-10(7-14)12(16)17/h8-10H,4-7H2,1-3H3,(H,13,15)(H,16,17). The smallest absolute Gasteiger partial charge is 0.334 e. The Balaban J connectivity index is 2.52. The number of carbonyl (C=O) groups excluding carboxylic acids is 1. The van der Waals surface area contributed by atoms with Crippen molar-refractivity contribution in [1.82, 2.24) is 10.2 Å². The average molecular weight is 258 g/mol. The van der Waals surface area contributed by atoms with Gasteiger partial charge in [0.2, 0.25) is 5.91 Å². The van der Waals surface area contributed by atoms with Gasteiger partial charge in [0.15, 0.2) is 6.10 Å². The molecule has 1 heterocycles. The molecule has 0 radical (unpaired) electrons. The highest BCUT2D eigenvalue weighted by atomic mass is 16.5. The van der Waals surface area contributed by atoms with E-state index in [4.69, 9.17) is 9.84 Å². The summed E-state index contributed by atoms with van der Waals surface area (Å²) < 4.78 is 5.13. The molecule has 1 aliphatic rings. The summed E-state index contributed by atoms with van der Waals surface area (Å²) in [5.74, 6) is -1.04. The number of carbonyl (C=O) groups is 2. The lowest BCUT2D eigenvalue weighted by atomic mass is 10.1. The Hall–Kier alpha value is -1.14. The van der Waals surface area contributed by atoms with E-state index in [1.165, 1.54) is 0 Å². The molecule has 1 amide bonds. The summed E-state index contributed by atoms with van der Waals surface area (Å²) in [7, 11) is 0. The molecule has 0 spiro atoms. The summed E-state index contributed by atoms with van der Waals surface area (Å²) in [5.41, 5.74) is 0. The van der Waals surface area contributed by atoms with Gasteiger partial charge in [-0.1, -0.05) is 6.92 Å². The van der Waals surface area contributed by atoms with Gasteiger partial charge in [0.1, 0.15) is 0 Å². The van der Waals surface area contributed by atoms with Gasteiger partial charge in [0.25, 0.3) is 0 Å². The summed E-state index contributed by atoms with van der Waals surface area (Å²) in [5, 5.41) is 11.8. The SMILES string of the molecule is CCC(C)NC(=O)C(C)N1CCOC(C(=O)O)C1. The molecule has 1 rings (SSSR count). The topological polar surface area (TPSA) is 78.9 Å². The molecular formula is C12H22N2O4. The number of carboxylic acids is 1. The van der Waals surface area contributed by atoms with Gasteiger partial charge in [-0.15, -0.1) is 0 Å². The summed E-state index contributed by atoms with van der Waals surface area (Å²) in [6.07, 6.45) is 0.0388. The van der Waals surface area contributed by atoms with Gasteiger partial charge < -0.3 is 15.2 Å². The molecule has 1 saturated heterocycles. The maximum atomic E-state index is 11.9. The van der Waals surface area contributed by atoms with Gasteiger partial charge in [-0.3, -0.25) is 9.69 Å². The quantitative estimate of drug-likeness (QED) is 0.730. The van der Waals surface area contributed by atoms with E-state index in [0.29, 0.717) is 13.2 Å². The minimum Gasteiger partial charge on any atom is -0.479 e. The Kier molecular flexibility index (Phi) is 5.55. The van der Waals surface area contributed by atoms with Gasteiger partial charge in [-0.25, -0.2) is 4.79 Å².